The van der Waals surface area contributed by atoms with Crippen molar-refractivity contribution in [1.82, 2.24) is 10.6 Å². The Bertz CT molecular complexity index is 336. The number of halogens is 1. The van der Waals surface area contributed by atoms with Crippen LogP contribution in [0, 0.1) is 10.1 Å². The van der Waals surface area contributed by atoms with Crippen LogP contribution in [0.15, 0.2) is 16.5 Å². The van der Waals surface area contributed by atoms with Gasteiger partial charge in [-0.1, -0.05) is 0 Å². The zero-order chi connectivity index (χ0) is 9.97. The lowest BCUT2D eigenvalue weighted by Gasteiger charge is -2.22. The fraction of sp³-hybridized carbons (Fsp3) is 0.500. The van der Waals surface area contributed by atoms with E-state index in [4.69, 9.17) is 4.42 Å². The number of rotatable bonds is 2. The van der Waals surface area contributed by atoms with Gasteiger partial charge in [0.15, 0.2) is 0 Å². The standard InChI is InChI=1S/C8H11N3O3.ClH/c12-11(13)8-2-1-7(14-8)6-5-9-3-4-10-6;/h1-2,6,9-10H,3-5H2;1H/t6-;/m0./s1. The van der Waals surface area contributed by atoms with Gasteiger partial charge < -0.3 is 15.1 Å². The van der Waals surface area contributed by atoms with Gasteiger partial charge in [-0.05, 0) is 6.07 Å². The third-order valence-corrected chi connectivity index (χ3v) is 2.18. The molecule has 0 spiro atoms. The van der Waals surface area contributed by atoms with Gasteiger partial charge in [-0.3, -0.25) is 10.1 Å². The van der Waals surface area contributed by atoms with Crippen molar-refractivity contribution in [2.75, 3.05) is 19.6 Å². The summed E-state index contributed by atoms with van der Waals surface area (Å²) < 4.78 is 5.08. The molecule has 2 heterocycles. The predicted molar refractivity (Wildman–Crippen MR) is 56.2 cm³/mol. The number of hydrogen-bond donors (Lipinski definition) is 2. The van der Waals surface area contributed by atoms with Crippen LogP contribution in [-0.2, 0) is 0 Å². The largest absolute Gasteiger partial charge is 0.433 e. The van der Waals surface area contributed by atoms with Crippen molar-refractivity contribution < 1.29 is 9.34 Å². The molecule has 0 aromatic carbocycles. The summed E-state index contributed by atoms with van der Waals surface area (Å²) in [6, 6.07) is 3.06. The maximum Gasteiger partial charge on any atom is 0.433 e. The Morgan fingerprint density at radius 3 is 2.80 bits per heavy atom. The molecule has 15 heavy (non-hydrogen) atoms. The highest BCUT2D eigenvalue weighted by Crippen LogP contribution is 2.21. The molecular weight excluding hydrogens is 222 g/mol. The highest BCUT2D eigenvalue weighted by atomic mass is 35.5. The molecule has 0 unspecified atom stereocenters. The molecule has 1 aromatic heterocycles. The summed E-state index contributed by atoms with van der Waals surface area (Å²) in [5, 5.41) is 16.8. The molecule has 1 aliphatic rings. The first-order valence-electron chi connectivity index (χ1n) is 4.45. The number of hydrogen-bond acceptors (Lipinski definition) is 5. The van der Waals surface area contributed by atoms with Crippen molar-refractivity contribution >= 4 is 18.3 Å². The van der Waals surface area contributed by atoms with E-state index in [0.29, 0.717) is 5.76 Å². The topological polar surface area (TPSA) is 80.3 Å². The monoisotopic (exact) mass is 233 g/mol. The fourth-order valence-corrected chi connectivity index (χ4v) is 1.48. The molecule has 1 fully saturated rings. The van der Waals surface area contributed by atoms with Gasteiger partial charge in [-0.2, -0.15) is 0 Å². The normalized spacial score (nSPS) is 20.7. The number of nitrogens with zero attached hydrogens (tertiary/aromatic N) is 1. The average molecular weight is 234 g/mol. The van der Waals surface area contributed by atoms with Crippen molar-refractivity contribution in [3.05, 3.63) is 28.0 Å². The third kappa shape index (κ3) is 2.68. The van der Waals surface area contributed by atoms with Crippen LogP contribution >= 0.6 is 12.4 Å². The Morgan fingerprint density at radius 2 is 2.27 bits per heavy atom. The van der Waals surface area contributed by atoms with Crippen LogP contribution in [-0.4, -0.2) is 24.6 Å². The van der Waals surface area contributed by atoms with E-state index in [1.165, 1.54) is 6.07 Å². The molecule has 0 aliphatic carbocycles. The van der Waals surface area contributed by atoms with E-state index in [1.807, 2.05) is 0 Å². The highest BCUT2D eigenvalue weighted by Gasteiger charge is 2.20. The first-order valence-corrected chi connectivity index (χ1v) is 4.45. The van der Waals surface area contributed by atoms with Gasteiger partial charge in [0.05, 0.1) is 12.1 Å². The number of piperazine rings is 1. The third-order valence-electron chi connectivity index (χ3n) is 2.18. The summed E-state index contributed by atoms with van der Waals surface area (Å²) in [5.74, 6) is 0.413. The Labute approximate surface area is 92.6 Å². The Balaban J connectivity index is 0.00000112. The van der Waals surface area contributed by atoms with E-state index in [-0.39, 0.29) is 24.3 Å². The predicted octanol–water partition coefficient (Wildman–Crippen LogP) is 0.843. The summed E-state index contributed by atoms with van der Waals surface area (Å²) in [6.45, 7) is 2.50. The molecule has 1 atom stereocenters. The summed E-state index contributed by atoms with van der Waals surface area (Å²) in [6.07, 6.45) is 0. The quantitative estimate of drug-likeness (QED) is 0.585. The maximum atomic E-state index is 10.4. The molecule has 0 radical (unpaired) electrons. The first-order chi connectivity index (χ1) is 6.77. The molecular formula is C8H12ClN3O3. The maximum absolute atomic E-state index is 10.4. The van der Waals surface area contributed by atoms with Crippen LogP contribution in [0.3, 0.4) is 0 Å². The second kappa shape index (κ2) is 5.11. The van der Waals surface area contributed by atoms with Crippen LogP contribution in [0.1, 0.15) is 11.8 Å². The van der Waals surface area contributed by atoms with Crippen molar-refractivity contribution in [2.45, 2.75) is 6.04 Å². The minimum atomic E-state index is -0.528. The van der Waals surface area contributed by atoms with E-state index >= 15 is 0 Å². The molecule has 0 saturated carbocycles. The molecule has 1 aromatic rings. The van der Waals surface area contributed by atoms with Crippen molar-refractivity contribution in [3.63, 3.8) is 0 Å². The summed E-state index contributed by atoms with van der Waals surface area (Å²) in [4.78, 5) is 9.84. The lowest BCUT2D eigenvalue weighted by molar-refractivity contribution is -0.402. The van der Waals surface area contributed by atoms with E-state index in [1.54, 1.807) is 6.07 Å². The molecule has 1 saturated heterocycles. The molecule has 2 rings (SSSR count). The van der Waals surface area contributed by atoms with Crippen LogP contribution in [0.2, 0.25) is 0 Å². The molecule has 2 N–H and O–H groups in total. The van der Waals surface area contributed by atoms with Gasteiger partial charge in [0.1, 0.15) is 10.7 Å². The molecule has 0 amide bonds. The van der Waals surface area contributed by atoms with Gasteiger partial charge >= 0.3 is 5.88 Å². The molecule has 1 aliphatic heterocycles. The van der Waals surface area contributed by atoms with Gasteiger partial charge in [0.2, 0.25) is 0 Å². The van der Waals surface area contributed by atoms with Crippen LogP contribution in [0.5, 0.6) is 0 Å². The fourth-order valence-electron chi connectivity index (χ4n) is 1.48. The van der Waals surface area contributed by atoms with Gasteiger partial charge in [-0.25, -0.2) is 0 Å². The average Bonchev–Trinajstić information content (AvgIpc) is 2.68. The second-order valence-electron chi connectivity index (χ2n) is 3.14. The van der Waals surface area contributed by atoms with E-state index in [9.17, 15) is 10.1 Å². The number of furan rings is 1. The van der Waals surface area contributed by atoms with Gasteiger partial charge in [-0.15, -0.1) is 12.4 Å². The van der Waals surface area contributed by atoms with Crippen molar-refractivity contribution in [3.8, 4) is 0 Å². The first kappa shape index (κ1) is 12.0. The van der Waals surface area contributed by atoms with Gasteiger partial charge in [0.25, 0.3) is 0 Å². The number of nitro groups is 1. The van der Waals surface area contributed by atoms with Crippen LogP contribution < -0.4 is 10.6 Å². The minimum Gasteiger partial charge on any atom is -0.404 e. The van der Waals surface area contributed by atoms with E-state index in [0.717, 1.165) is 19.6 Å². The minimum absolute atomic E-state index is 0. The smallest absolute Gasteiger partial charge is 0.404 e. The SMILES string of the molecule is Cl.O=[N+]([O-])c1ccc([C@@H]2CNCCN2)o1. The van der Waals surface area contributed by atoms with E-state index < -0.39 is 4.92 Å². The van der Waals surface area contributed by atoms with Crippen molar-refractivity contribution in [1.29, 1.82) is 0 Å². The summed E-state index contributed by atoms with van der Waals surface area (Å²) in [7, 11) is 0. The zero-order valence-electron chi connectivity index (χ0n) is 7.93. The summed E-state index contributed by atoms with van der Waals surface area (Å²) >= 11 is 0. The Morgan fingerprint density at radius 1 is 1.47 bits per heavy atom. The molecule has 6 nitrogen and oxygen atoms in total. The highest BCUT2D eigenvalue weighted by molar-refractivity contribution is 5.85. The Kier molecular flexibility index (Phi) is 4.07. The number of nitrogens with one attached hydrogen (secondary N) is 2. The zero-order valence-corrected chi connectivity index (χ0v) is 8.75. The molecule has 0 bridgehead atoms. The van der Waals surface area contributed by atoms with Crippen LogP contribution in [0.25, 0.3) is 0 Å². The lowest BCUT2D eigenvalue weighted by Crippen LogP contribution is -2.42. The van der Waals surface area contributed by atoms with E-state index in [2.05, 4.69) is 10.6 Å². The van der Waals surface area contributed by atoms with Crippen LogP contribution in [0.4, 0.5) is 5.88 Å². The second-order valence-corrected chi connectivity index (χ2v) is 3.14. The lowest BCUT2D eigenvalue weighted by atomic mass is 10.2. The molecule has 84 valence electrons. The van der Waals surface area contributed by atoms with Gasteiger partial charge in [0, 0.05) is 19.6 Å². The Hall–Kier alpha value is -1.11. The van der Waals surface area contributed by atoms with Crippen molar-refractivity contribution in [2.24, 2.45) is 0 Å². The summed E-state index contributed by atoms with van der Waals surface area (Å²) in [5.41, 5.74) is 0. The molecule has 7 heteroatoms.